The summed E-state index contributed by atoms with van der Waals surface area (Å²) in [6, 6.07) is 10.7. The van der Waals surface area contributed by atoms with Crippen LogP contribution in [0.15, 0.2) is 30.3 Å². The molecule has 1 aromatic carbocycles. The number of ether oxygens (including phenoxy) is 1. The summed E-state index contributed by atoms with van der Waals surface area (Å²) in [5.41, 5.74) is 3.33. The Morgan fingerprint density at radius 3 is 2.18 bits per heavy atom. The van der Waals surface area contributed by atoms with Crippen molar-refractivity contribution in [2.24, 2.45) is 17.8 Å². The Labute approximate surface area is 233 Å². The van der Waals surface area contributed by atoms with Crippen molar-refractivity contribution in [2.75, 3.05) is 0 Å². The molecule has 0 aliphatic heterocycles. The minimum Gasteiger partial charge on any atom is -1.00 e. The van der Waals surface area contributed by atoms with Gasteiger partial charge in [-0.1, -0.05) is 49.6 Å². The van der Waals surface area contributed by atoms with Crippen molar-refractivity contribution in [3.63, 3.8) is 0 Å². The van der Waals surface area contributed by atoms with Crippen LogP contribution in [0.3, 0.4) is 0 Å². The predicted octanol–water partition coefficient (Wildman–Crippen LogP) is 3.03. The van der Waals surface area contributed by atoms with Crippen molar-refractivity contribution in [1.29, 1.82) is 0 Å². The molecule has 34 heavy (non-hydrogen) atoms. The van der Waals surface area contributed by atoms with E-state index in [0.717, 1.165) is 35.7 Å². The minimum absolute atomic E-state index is 0. The van der Waals surface area contributed by atoms with Crippen LogP contribution in [-0.2, 0) is 24.5 Å². The van der Waals surface area contributed by atoms with Crippen molar-refractivity contribution in [3.8, 4) is 0 Å². The van der Waals surface area contributed by atoms with Gasteiger partial charge in [0, 0.05) is 12.5 Å². The van der Waals surface area contributed by atoms with E-state index in [0.29, 0.717) is 12.5 Å². The van der Waals surface area contributed by atoms with Gasteiger partial charge in [-0.25, -0.2) is 4.98 Å². The van der Waals surface area contributed by atoms with Crippen LogP contribution in [0.2, 0.25) is 0 Å². The molecule has 5 saturated carbocycles. The van der Waals surface area contributed by atoms with Crippen LogP contribution < -0.4 is 18.9 Å². The van der Waals surface area contributed by atoms with Gasteiger partial charge in [-0.3, -0.25) is 0 Å². The summed E-state index contributed by atoms with van der Waals surface area (Å²) in [5, 5.41) is 10.2. The van der Waals surface area contributed by atoms with Crippen LogP contribution in [0.25, 0.3) is 0 Å². The van der Waals surface area contributed by atoms with Crippen molar-refractivity contribution in [2.45, 2.75) is 102 Å². The molecule has 7 rings (SSSR count). The summed E-state index contributed by atoms with van der Waals surface area (Å²) in [5.74, 6) is 4.33. The molecule has 2 aromatic rings. The molecule has 5 aliphatic carbocycles. The van der Waals surface area contributed by atoms with Crippen LogP contribution >= 0.6 is 0 Å². The van der Waals surface area contributed by atoms with Crippen molar-refractivity contribution in [3.05, 3.63) is 53.1 Å². The number of imidazole rings is 1. The zero-order valence-electron chi connectivity index (χ0n) is 24.9. The SMILES string of the molecule is OCc1nc(C2CCCCC2)n(Cc2ccccc2)c1COC12CC3CC(CC(C3)C1)C2.[Al+3].[H-].[H-].[H-].[H-].[Li+]. The zero-order valence-corrected chi connectivity index (χ0v) is 22.1. The predicted molar refractivity (Wildman–Crippen MR) is 135 cm³/mol. The first kappa shape index (κ1) is 26.5. The standard InChI is InChI=1S/C28H38N2O2.Al.Li.4H/c31-18-25-26(19-32-28-14-21-11-22(15-28)13-23(12-21)16-28)30(17-20-7-3-1-4-8-20)27(29-25)24-9-5-2-6-10-24;;;;;;/h1,3-4,7-8,21-24,31H,2,5-6,9-19H2;;;;;;/q;+3;+1;4*-1. The van der Waals surface area contributed by atoms with E-state index in [-0.39, 0.29) is 54.1 Å². The van der Waals surface area contributed by atoms with Crippen molar-refractivity contribution < 1.29 is 34.4 Å². The third kappa shape index (κ3) is 5.27. The second kappa shape index (κ2) is 11.3. The Bertz CT molecular complexity index is 925. The van der Waals surface area contributed by atoms with Gasteiger partial charge >= 0.3 is 36.2 Å². The monoisotopic (exact) mass is 472 g/mol. The Morgan fingerprint density at radius 1 is 0.971 bits per heavy atom. The number of nitrogens with zero attached hydrogens (tertiary/aromatic N) is 2. The van der Waals surface area contributed by atoms with Crippen LogP contribution in [0.5, 0.6) is 0 Å². The van der Waals surface area contributed by atoms with Gasteiger partial charge in [0.15, 0.2) is 0 Å². The van der Waals surface area contributed by atoms with E-state index in [1.165, 1.54) is 82.0 Å². The first-order chi connectivity index (χ1) is 15.7. The molecule has 0 saturated heterocycles. The number of rotatable bonds is 7. The Morgan fingerprint density at radius 2 is 1.59 bits per heavy atom. The molecule has 4 nitrogen and oxygen atoms in total. The number of hydrogen-bond donors (Lipinski definition) is 1. The number of aliphatic hydroxyl groups excluding tert-OH is 1. The van der Waals surface area contributed by atoms with Gasteiger partial charge in [0.1, 0.15) is 5.82 Å². The number of aromatic nitrogens is 2. The molecule has 0 spiro atoms. The third-order valence-electron chi connectivity index (χ3n) is 8.99. The maximum Gasteiger partial charge on any atom is 3.00 e. The molecule has 180 valence electrons. The number of hydrogen-bond acceptors (Lipinski definition) is 3. The molecule has 0 radical (unpaired) electrons. The molecule has 5 aliphatic rings. The normalized spacial score (nSPS) is 30.1. The molecule has 1 heterocycles. The molecule has 6 heteroatoms. The van der Waals surface area contributed by atoms with Crippen LogP contribution in [0.4, 0.5) is 0 Å². The van der Waals surface area contributed by atoms with Gasteiger partial charge in [0.2, 0.25) is 0 Å². The smallest absolute Gasteiger partial charge is 1.00 e. The fourth-order valence-corrected chi connectivity index (χ4v) is 7.89. The molecule has 0 atom stereocenters. The maximum atomic E-state index is 10.2. The van der Waals surface area contributed by atoms with E-state index in [1.54, 1.807) is 0 Å². The van der Waals surface area contributed by atoms with Gasteiger partial charge in [0.25, 0.3) is 0 Å². The zero-order chi connectivity index (χ0) is 21.5. The van der Waals surface area contributed by atoms with Gasteiger partial charge in [-0.05, 0) is 74.7 Å². The third-order valence-corrected chi connectivity index (χ3v) is 8.99. The van der Waals surface area contributed by atoms with Gasteiger partial charge in [0.05, 0.1) is 30.2 Å². The summed E-state index contributed by atoms with van der Waals surface area (Å²) in [6.45, 7) is 1.41. The quantitative estimate of drug-likeness (QED) is 0.631. The summed E-state index contributed by atoms with van der Waals surface area (Å²) >= 11 is 0. The maximum absolute atomic E-state index is 10.2. The fraction of sp³-hybridized carbons (Fsp3) is 0.679. The van der Waals surface area contributed by atoms with Gasteiger partial charge in [-0.15, -0.1) is 0 Å². The molecule has 4 bridgehead atoms. The molecule has 0 amide bonds. The Hall–Kier alpha value is -0.520. The summed E-state index contributed by atoms with van der Waals surface area (Å²) in [4.78, 5) is 5.05. The van der Waals surface area contributed by atoms with E-state index in [9.17, 15) is 5.11 Å². The summed E-state index contributed by atoms with van der Waals surface area (Å²) < 4.78 is 9.29. The fourth-order valence-electron chi connectivity index (χ4n) is 7.89. The second-order valence-corrected chi connectivity index (χ2v) is 11.3. The van der Waals surface area contributed by atoms with E-state index >= 15 is 0 Å². The van der Waals surface area contributed by atoms with E-state index < -0.39 is 0 Å². The molecular formula is C28H42AlLiN2O2. The molecule has 0 unspecified atom stereocenters. The first-order valence-corrected chi connectivity index (χ1v) is 13.1. The topological polar surface area (TPSA) is 47.3 Å². The number of aliphatic hydroxyl groups is 1. The van der Waals surface area contributed by atoms with E-state index in [2.05, 4.69) is 34.9 Å². The van der Waals surface area contributed by atoms with Gasteiger partial charge < -0.3 is 20.1 Å². The number of benzene rings is 1. The largest absolute Gasteiger partial charge is 3.00 e. The first-order valence-electron chi connectivity index (χ1n) is 13.1. The minimum atomic E-state index is 0. The van der Waals surface area contributed by atoms with Crippen LogP contribution in [0.1, 0.15) is 105 Å². The Balaban J connectivity index is 0.00000228. The average Bonchev–Trinajstić information content (AvgIpc) is 3.15. The average molecular weight is 473 g/mol. The second-order valence-electron chi connectivity index (χ2n) is 11.3. The Kier molecular flexibility index (Phi) is 8.78. The molecular weight excluding hydrogens is 430 g/mol. The summed E-state index contributed by atoms with van der Waals surface area (Å²) in [7, 11) is 0. The van der Waals surface area contributed by atoms with Crippen molar-refractivity contribution >= 4 is 17.4 Å². The van der Waals surface area contributed by atoms with Crippen LogP contribution in [0, 0.1) is 17.8 Å². The molecule has 1 N–H and O–H groups in total. The summed E-state index contributed by atoms with van der Waals surface area (Å²) in [6.07, 6.45) is 14.4. The van der Waals surface area contributed by atoms with Crippen LogP contribution in [-0.4, -0.2) is 37.6 Å². The van der Waals surface area contributed by atoms with Crippen molar-refractivity contribution in [1.82, 2.24) is 9.55 Å². The molecule has 5 fully saturated rings. The van der Waals surface area contributed by atoms with E-state index in [4.69, 9.17) is 9.72 Å². The van der Waals surface area contributed by atoms with Gasteiger partial charge in [-0.2, -0.15) is 0 Å². The molecule has 1 aromatic heterocycles. The van der Waals surface area contributed by atoms with E-state index in [1.807, 2.05) is 0 Å².